The molecule has 3 saturated heterocycles. The third-order valence-electron chi connectivity index (χ3n) is 18.9. The Morgan fingerprint density at radius 2 is 0.902 bits per heavy atom. The summed E-state index contributed by atoms with van der Waals surface area (Å²) in [5, 5.41) is 18.6. The van der Waals surface area contributed by atoms with Crippen molar-refractivity contribution in [1.29, 1.82) is 0 Å². The molecule has 0 aromatic heterocycles. The topological polar surface area (TPSA) is 240 Å². The van der Waals surface area contributed by atoms with Gasteiger partial charge in [-0.05, 0) is 126 Å². The van der Waals surface area contributed by atoms with Crippen LogP contribution < -0.4 is 31.9 Å². The fourth-order valence-corrected chi connectivity index (χ4v) is 13.8. The molecule has 3 heterocycles. The number of aryl methyl sites for hydroxylation is 2. The molecule has 2 aromatic rings. The molecule has 0 radical (unpaired) electrons. The van der Waals surface area contributed by atoms with Crippen molar-refractivity contribution < 1.29 is 47.8 Å². The summed E-state index contributed by atoms with van der Waals surface area (Å²) in [5.74, 6) is -1.96. The summed E-state index contributed by atoms with van der Waals surface area (Å²) in [6.45, 7) is 5.35. The Bertz CT molecular complexity index is 2410. The van der Waals surface area contributed by atoms with E-state index in [0.717, 1.165) is 101 Å². The summed E-state index contributed by atoms with van der Waals surface area (Å²) in [6, 6.07) is 11.7. The number of likely N-dealkylation sites (N-methyl/N-ethyl adjacent to an activating group) is 2. The molecule has 448 valence electrons. The molecule has 3 aliphatic heterocycles. The minimum atomic E-state index is -0.821. The van der Waals surface area contributed by atoms with Gasteiger partial charge in [0.25, 0.3) is 0 Å². The normalized spacial score (nSPS) is 25.4. The van der Waals surface area contributed by atoms with Crippen LogP contribution in [-0.2, 0) is 60.7 Å². The lowest BCUT2D eigenvalue weighted by Crippen LogP contribution is -2.57. The van der Waals surface area contributed by atoms with Gasteiger partial charge in [0.1, 0.15) is 24.2 Å². The zero-order valence-electron chi connectivity index (χ0n) is 48.8. The number of nitrogens with zero attached hydrogens (tertiary/aromatic N) is 4. The number of piperazine rings is 1. The summed E-state index contributed by atoms with van der Waals surface area (Å²) in [5.41, 5.74) is 4.60. The van der Waals surface area contributed by atoms with Gasteiger partial charge in [-0.1, -0.05) is 74.2 Å². The molecule has 20 nitrogen and oxygen atoms in total. The highest BCUT2D eigenvalue weighted by atomic mass is 16.5. The summed E-state index contributed by atoms with van der Waals surface area (Å²) in [4.78, 5) is 119. The summed E-state index contributed by atoms with van der Waals surface area (Å²) < 4.78 is 12.7. The Kier molecular flexibility index (Phi) is 21.1. The quantitative estimate of drug-likeness (QED) is 0.0996. The predicted octanol–water partition coefficient (Wildman–Crippen LogP) is 3.36. The number of likely N-dealkylation sites (tertiary alicyclic amines) is 2. The Balaban J connectivity index is 0.768. The first kappa shape index (κ1) is 60.6. The van der Waals surface area contributed by atoms with Crippen LogP contribution >= 0.6 is 0 Å². The Morgan fingerprint density at radius 1 is 0.524 bits per heavy atom. The van der Waals surface area contributed by atoms with E-state index in [1.165, 1.54) is 11.1 Å². The number of hydrogen-bond acceptors (Lipinski definition) is 12. The van der Waals surface area contributed by atoms with Gasteiger partial charge in [0.15, 0.2) is 0 Å². The maximum absolute atomic E-state index is 14.7. The number of ether oxygens (including phenoxy) is 2. The molecule has 0 spiro atoms. The first-order chi connectivity index (χ1) is 39.7. The van der Waals surface area contributed by atoms with Crippen molar-refractivity contribution in [2.24, 2.45) is 11.8 Å². The van der Waals surface area contributed by atoms with Crippen molar-refractivity contribution in [2.75, 3.05) is 66.6 Å². The minimum absolute atomic E-state index is 0.0483. The van der Waals surface area contributed by atoms with Gasteiger partial charge in [-0.15, -0.1) is 0 Å². The molecular formula is C62H90N10O10. The summed E-state index contributed by atoms with van der Waals surface area (Å²) in [7, 11) is 3.40. The van der Waals surface area contributed by atoms with Crippen molar-refractivity contribution in [2.45, 2.75) is 190 Å². The van der Waals surface area contributed by atoms with Crippen molar-refractivity contribution in [3.63, 3.8) is 0 Å². The van der Waals surface area contributed by atoms with Gasteiger partial charge in [0.2, 0.25) is 47.3 Å². The maximum atomic E-state index is 14.7. The molecule has 2 aromatic carbocycles. The van der Waals surface area contributed by atoms with E-state index in [9.17, 15) is 38.4 Å². The highest BCUT2D eigenvalue weighted by Crippen LogP contribution is 2.36. The lowest BCUT2D eigenvalue weighted by molar-refractivity contribution is -0.143. The molecule has 82 heavy (non-hydrogen) atoms. The van der Waals surface area contributed by atoms with Crippen molar-refractivity contribution in [3.05, 3.63) is 70.8 Å². The average Bonchev–Trinajstić information content (AvgIpc) is 4.39. The number of carbonyl (C=O) groups is 8. The average molecular weight is 1140 g/mol. The third kappa shape index (κ3) is 14.7. The smallest absolute Gasteiger partial charge is 0.246 e. The largest absolute Gasteiger partial charge is 0.376 e. The first-order valence-electron chi connectivity index (χ1n) is 30.8. The Hall–Kier alpha value is -5.96. The monoisotopic (exact) mass is 1130 g/mol. The van der Waals surface area contributed by atoms with Crippen LogP contribution in [0.15, 0.2) is 48.5 Å². The number of carbonyl (C=O) groups excluding carboxylic acids is 8. The molecular weight excluding hydrogens is 1040 g/mol. The third-order valence-corrected chi connectivity index (χ3v) is 18.9. The highest BCUT2D eigenvalue weighted by molar-refractivity contribution is 5.95. The summed E-state index contributed by atoms with van der Waals surface area (Å²) >= 11 is 0. The zero-order chi connectivity index (χ0) is 57.9. The van der Waals surface area contributed by atoms with Crippen LogP contribution in [0.3, 0.4) is 0 Å². The molecule has 0 bridgehead atoms. The molecule has 10 atom stereocenters. The van der Waals surface area contributed by atoms with Crippen molar-refractivity contribution in [1.82, 2.24) is 51.5 Å². The Morgan fingerprint density at radius 3 is 1.28 bits per heavy atom. The number of amides is 8. The number of hydrogen-bond donors (Lipinski definition) is 6. The maximum Gasteiger partial charge on any atom is 0.246 e. The van der Waals surface area contributed by atoms with E-state index in [-0.39, 0.29) is 123 Å². The molecule has 9 rings (SSSR count). The van der Waals surface area contributed by atoms with E-state index in [2.05, 4.69) is 56.2 Å². The van der Waals surface area contributed by atoms with Gasteiger partial charge in [0, 0.05) is 52.1 Å². The van der Waals surface area contributed by atoms with Crippen LogP contribution in [0.25, 0.3) is 0 Å². The molecule has 6 N–H and O–H groups in total. The van der Waals surface area contributed by atoms with Gasteiger partial charge >= 0.3 is 0 Å². The lowest BCUT2D eigenvalue weighted by Gasteiger charge is -2.35. The second kappa shape index (κ2) is 28.5. The number of fused-ring (bicyclic) bond motifs is 2. The van der Waals surface area contributed by atoms with Crippen LogP contribution in [0.1, 0.15) is 151 Å². The van der Waals surface area contributed by atoms with Crippen LogP contribution in [0.2, 0.25) is 0 Å². The molecule has 7 aliphatic rings. The van der Waals surface area contributed by atoms with E-state index in [4.69, 9.17) is 9.47 Å². The highest BCUT2D eigenvalue weighted by Gasteiger charge is 2.48. The molecule has 8 amide bonds. The van der Waals surface area contributed by atoms with E-state index in [1.807, 2.05) is 24.3 Å². The number of nitrogens with one attached hydrogen (secondary N) is 6. The van der Waals surface area contributed by atoms with Gasteiger partial charge in [-0.2, -0.15) is 0 Å². The predicted molar refractivity (Wildman–Crippen MR) is 307 cm³/mol. The fraction of sp³-hybridized carbons (Fsp3) is 0.677. The second-order valence-corrected chi connectivity index (χ2v) is 24.1. The SMILES string of the molecule is CN[C@@H](C)C(=O)NC(C(=O)N1C[C@@H](OCCC(=O)N2CCN(C(=O)CCO[C@H]3C[C@@H](C(=O)N[C@@H]4CCCc5ccccc54)N(C(=O)C(NC(=O)[C@H](C)NC)C4CCCC4)C3)CC2)C[C@H]1C(=O)N[C@@H]1CCCc2ccccc21)C1CCCC1. The first-order valence-corrected chi connectivity index (χ1v) is 30.8. The van der Waals surface area contributed by atoms with E-state index < -0.39 is 48.5 Å². The number of rotatable bonds is 22. The van der Waals surface area contributed by atoms with Gasteiger partial charge < -0.3 is 61.0 Å². The molecule has 2 saturated carbocycles. The second-order valence-electron chi connectivity index (χ2n) is 24.1. The van der Waals surface area contributed by atoms with Crippen LogP contribution in [-0.4, -0.2) is 182 Å². The van der Waals surface area contributed by atoms with Crippen LogP contribution in [0, 0.1) is 11.8 Å². The summed E-state index contributed by atoms with van der Waals surface area (Å²) in [6.07, 6.45) is 12.1. The lowest BCUT2D eigenvalue weighted by atomic mass is 9.87. The van der Waals surface area contributed by atoms with Crippen LogP contribution in [0.4, 0.5) is 0 Å². The van der Waals surface area contributed by atoms with Crippen molar-refractivity contribution >= 4 is 47.3 Å². The zero-order valence-corrected chi connectivity index (χ0v) is 48.8. The van der Waals surface area contributed by atoms with E-state index in [1.54, 1.807) is 47.5 Å². The van der Waals surface area contributed by atoms with Crippen LogP contribution in [0.5, 0.6) is 0 Å². The number of benzene rings is 2. The molecule has 2 unspecified atom stereocenters. The van der Waals surface area contributed by atoms with Gasteiger partial charge in [0.05, 0.1) is 62.4 Å². The van der Waals surface area contributed by atoms with Crippen molar-refractivity contribution in [3.8, 4) is 0 Å². The van der Waals surface area contributed by atoms with E-state index in [0.29, 0.717) is 26.2 Å². The standard InChI is InChI=1S/C62H90N10O10/c1-39(63-3)57(75)67-55(43-17-5-6-18-43)61(79)71-37-45(35-51(71)59(77)65-49-25-13-21-41-15-9-11-23-47(41)49)81-33-27-53(73)69-29-31-70(32-30-69)54(74)28-34-82-46-36-52(60(78)66-50-26-14-22-42-16-10-12-24-48(42)50)72(38-46)62(80)56(44-19-7-8-20-44)68-58(76)40(2)64-4/h9-12,15-16,23-24,39-40,43-46,49-52,55-56,63-64H,5-8,13-14,17-22,25-38H2,1-4H3,(H,65,77)(H,66,78)(H,67,75)(H,68,76)/t39-,40-,45-,46-,49+,50+,51-,52-,55?,56?/m0/s1. The minimum Gasteiger partial charge on any atom is -0.376 e. The van der Waals surface area contributed by atoms with E-state index >= 15 is 0 Å². The fourth-order valence-electron chi connectivity index (χ4n) is 13.8. The Labute approximate surface area is 484 Å². The van der Waals surface area contributed by atoms with Gasteiger partial charge in [-0.25, -0.2) is 0 Å². The van der Waals surface area contributed by atoms with Gasteiger partial charge in [-0.3, -0.25) is 38.4 Å². The molecule has 5 fully saturated rings. The molecule has 20 heteroatoms. The molecule has 4 aliphatic carbocycles.